The Kier molecular flexibility index (Phi) is 2.19. The Hall–Kier alpha value is -3.08. The van der Waals surface area contributed by atoms with Crippen LogP contribution in [0.4, 0.5) is 11.4 Å². The number of aromatic carboxylic acids is 1. The molecule has 1 aliphatic heterocycles. The van der Waals surface area contributed by atoms with Gasteiger partial charge in [0, 0.05) is 23.1 Å². The molecule has 0 fully saturated rings. The molecule has 0 bridgehead atoms. The average molecular weight is 284 g/mol. The number of carboxylic acids is 1. The molecule has 0 saturated heterocycles. The van der Waals surface area contributed by atoms with Crippen LogP contribution in [0.2, 0.25) is 0 Å². The van der Waals surface area contributed by atoms with Gasteiger partial charge in [0.15, 0.2) is 0 Å². The van der Waals surface area contributed by atoms with Crippen LogP contribution in [0.5, 0.6) is 0 Å². The second kappa shape index (κ2) is 5.13. The van der Waals surface area contributed by atoms with Crippen LogP contribution in [0.15, 0.2) is 54.6 Å². The van der Waals surface area contributed by atoms with Crippen molar-refractivity contribution in [1.29, 1.82) is 0 Å². The Morgan fingerprint density at radius 3 is 2.67 bits per heavy atom. The van der Waals surface area contributed by atoms with Gasteiger partial charge in [-0.1, -0.05) is 18.2 Å². The van der Waals surface area contributed by atoms with Crippen molar-refractivity contribution < 1.29 is 20.2 Å². The number of para-hydroxylation sites is 1. The van der Waals surface area contributed by atoms with E-state index in [1.54, 1.807) is 24.3 Å². The third-order valence-corrected chi connectivity index (χ3v) is 2.91. The molecule has 0 unspecified atom stereocenters. The zero-order valence-electron chi connectivity index (χ0n) is 14.7. The Morgan fingerprint density at radius 2 is 1.95 bits per heavy atom. The third-order valence-electron chi connectivity index (χ3n) is 2.91. The van der Waals surface area contributed by atoms with Gasteiger partial charge in [0.05, 0.1) is 16.6 Å². The predicted molar refractivity (Wildman–Crippen MR) is 80.1 cm³/mol. The molecule has 104 valence electrons. The zero-order chi connectivity index (χ0) is 18.3. The molecule has 21 heavy (non-hydrogen) atoms. The maximum absolute atomic E-state index is 12.0. The number of benzene rings is 2. The summed E-state index contributed by atoms with van der Waals surface area (Å²) < 4.78 is 31.3. The molecule has 1 heterocycles. The number of anilines is 2. The van der Waals surface area contributed by atoms with Crippen molar-refractivity contribution in [2.45, 2.75) is 0 Å². The number of fused-ring (bicyclic) bond motifs is 1. The number of nitrogens with one attached hydrogen (secondary N) is 2. The summed E-state index contributed by atoms with van der Waals surface area (Å²) >= 11 is 0. The Morgan fingerprint density at radius 1 is 1.24 bits per heavy atom. The van der Waals surface area contributed by atoms with Crippen LogP contribution < -0.4 is 10.6 Å². The molecule has 5 heteroatoms. The minimum Gasteiger partial charge on any atom is -0.478 e. The van der Waals surface area contributed by atoms with Gasteiger partial charge in [0.1, 0.15) is 0 Å². The van der Waals surface area contributed by atoms with E-state index in [0.717, 1.165) is 0 Å². The molecule has 1 aliphatic rings. The first-order chi connectivity index (χ1) is 11.8. The fourth-order valence-corrected chi connectivity index (χ4v) is 1.92. The molecule has 0 radical (unpaired) electrons. The molecule has 0 saturated carbocycles. The lowest BCUT2D eigenvalue weighted by molar-refractivity contribution is -0.110. The number of amides is 1. The van der Waals surface area contributed by atoms with Gasteiger partial charge in [-0.15, -0.1) is 0 Å². The molecular weight excluding hydrogens is 268 g/mol. The van der Waals surface area contributed by atoms with Gasteiger partial charge in [0.25, 0.3) is 5.91 Å². The van der Waals surface area contributed by atoms with Crippen LogP contribution in [0, 0.1) is 0 Å². The number of rotatable bonds is 3. The summed E-state index contributed by atoms with van der Waals surface area (Å²) in [5, 5.41) is 14.3. The Bertz CT molecular complexity index is 928. The largest absolute Gasteiger partial charge is 0.478 e. The van der Waals surface area contributed by atoms with Gasteiger partial charge in [-0.25, -0.2) is 4.79 Å². The number of carbonyl (C=O) groups is 2. The van der Waals surface area contributed by atoms with E-state index in [2.05, 4.69) is 10.6 Å². The van der Waals surface area contributed by atoms with E-state index in [0.29, 0.717) is 11.3 Å². The van der Waals surface area contributed by atoms with Crippen molar-refractivity contribution in [3.63, 3.8) is 0 Å². The van der Waals surface area contributed by atoms with Crippen molar-refractivity contribution in [1.82, 2.24) is 0 Å². The van der Waals surface area contributed by atoms with Gasteiger partial charge in [-0.05, 0) is 30.2 Å². The summed E-state index contributed by atoms with van der Waals surface area (Å²) in [4.78, 5) is 23.1. The highest BCUT2D eigenvalue weighted by Crippen LogP contribution is 2.31. The SMILES string of the molecule is [2H]c1c([2H])c(C(=O)O)c([2H])c([2H])c1NC=C1C(=O)Nc2ccccc21. The normalized spacial score (nSPS) is 17.3. The van der Waals surface area contributed by atoms with E-state index in [1.165, 1.54) is 6.20 Å². The lowest BCUT2D eigenvalue weighted by atomic mass is 10.1. The highest BCUT2D eigenvalue weighted by Gasteiger charge is 2.23. The third kappa shape index (κ3) is 2.49. The second-order valence-corrected chi connectivity index (χ2v) is 4.26. The number of carboxylic acid groups (broad SMARTS) is 1. The van der Waals surface area contributed by atoms with Gasteiger partial charge >= 0.3 is 5.97 Å². The number of carbonyl (C=O) groups excluding carboxylic acids is 1. The molecule has 0 atom stereocenters. The van der Waals surface area contributed by atoms with Crippen LogP contribution in [-0.4, -0.2) is 17.0 Å². The van der Waals surface area contributed by atoms with Gasteiger partial charge in [-0.3, -0.25) is 4.79 Å². The zero-order valence-corrected chi connectivity index (χ0v) is 10.7. The molecular formula is C16H12N2O3. The highest BCUT2D eigenvalue weighted by atomic mass is 16.4. The highest BCUT2D eigenvalue weighted by molar-refractivity contribution is 6.31. The van der Waals surface area contributed by atoms with E-state index < -0.39 is 35.7 Å². The quantitative estimate of drug-likeness (QED) is 0.757. The molecule has 2 aromatic rings. The van der Waals surface area contributed by atoms with E-state index in [4.69, 9.17) is 10.6 Å². The molecule has 3 N–H and O–H groups in total. The molecule has 1 amide bonds. The van der Waals surface area contributed by atoms with Crippen molar-refractivity contribution in [3.05, 3.63) is 65.8 Å². The first-order valence-electron chi connectivity index (χ1n) is 8.04. The smallest absolute Gasteiger partial charge is 0.335 e. The summed E-state index contributed by atoms with van der Waals surface area (Å²) in [6.45, 7) is 0. The monoisotopic (exact) mass is 284 g/mol. The molecule has 3 rings (SSSR count). The summed E-state index contributed by atoms with van der Waals surface area (Å²) in [6.07, 6.45) is 1.28. The molecule has 0 aromatic heterocycles. The fraction of sp³-hybridized carbons (Fsp3) is 0. The first-order valence-corrected chi connectivity index (χ1v) is 6.04. The average Bonchev–Trinajstić information content (AvgIpc) is 2.88. The topological polar surface area (TPSA) is 78.4 Å². The predicted octanol–water partition coefficient (Wildman–Crippen LogP) is 2.79. The van der Waals surface area contributed by atoms with Crippen molar-refractivity contribution in [3.8, 4) is 0 Å². The van der Waals surface area contributed by atoms with Crippen molar-refractivity contribution in [2.24, 2.45) is 0 Å². The van der Waals surface area contributed by atoms with E-state index in [1.807, 2.05) is 0 Å². The van der Waals surface area contributed by atoms with Crippen LogP contribution >= 0.6 is 0 Å². The van der Waals surface area contributed by atoms with Gasteiger partial charge < -0.3 is 15.7 Å². The molecule has 0 spiro atoms. The lowest BCUT2D eigenvalue weighted by Crippen LogP contribution is -2.05. The number of hydrogen-bond acceptors (Lipinski definition) is 3. The fourth-order valence-electron chi connectivity index (χ4n) is 1.92. The molecule has 2 aromatic carbocycles. The lowest BCUT2D eigenvalue weighted by Gasteiger charge is -2.03. The van der Waals surface area contributed by atoms with Crippen molar-refractivity contribution >= 4 is 28.8 Å². The molecule has 0 aliphatic carbocycles. The summed E-state index contributed by atoms with van der Waals surface area (Å²) in [5.41, 5.74) is 0.635. The first kappa shape index (κ1) is 8.97. The van der Waals surface area contributed by atoms with Crippen molar-refractivity contribution in [2.75, 3.05) is 10.6 Å². The Labute approximate surface area is 126 Å². The van der Waals surface area contributed by atoms with Crippen LogP contribution in [-0.2, 0) is 4.79 Å². The van der Waals surface area contributed by atoms with E-state index in [9.17, 15) is 9.59 Å². The Balaban J connectivity index is 2.06. The summed E-state index contributed by atoms with van der Waals surface area (Å²) in [5.74, 6) is -1.91. The van der Waals surface area contributed by atoms with Gasteiger partial charge in [-0.2, -0.15) is 0 Å². The summed E-state index contributed by atoms with van der Waals surface area (Å²) in [7, 11) is 0. The van der Waals surface area contributed by atoms with E-state index >= 15 is 0 Å². The maximum Gasteiger partial charge on any atom is 0.335 e. The minimum atomic E-state index is -1.54. The van der Waals surface area contributed by atoms with Crippen LogP contribution in [0.25, 0.3) is 5.57 Å². The van der Waals surface area contributed by atoms with Gasteiger partial charge in [0.2, 0.25) is 0 Å². The van der Waals surface area contributed by atoms with Crippen LogP contribution in [0.1, 0.15) is 21.4 Å². The van der Waals surface area contributed by atoms with E-state index in [-0.39, 0.29) is 17.2 Å². The number of hydrogen-bond donors (Lipinski definition) is 3. The molecule has 5 nitrogen and oxygen atoms in total. The van der Waals surface area contributed by atoms with Crippen LogP contribution in [0.3, 0.4) is 0 Å². The second-order valence-electron chi connectivity index (χ2n) is 4.26. The summed E-state index contributed by atoms with van der Waals surface area (Å²) in [6, 6.07) is 4.60. The standard InChI is InChI=1S/C16H12N2O3/c19-15-13(12-3-1-2-4-14(12)18-15)9-17-11-7-5-10(6-8-11)16(20)21/h1-9,17H,(H,18,19)(H,20,21)/i5D,6D,7D,8D. The maximum atomic E-state index is 12.0. The minimum absolute atomic E-state index is 0.204.